The summed E-state index contributed by atoms with van der Waals surface area (Å²) in [6, 6.07) is 19.4. The molecule has 37 heavy (non-hydrogen) atoms. The Labute approximate surface area is 213 Å². The quantitative estimate of drug-likeness (QED) is 0.244. The molecule has 0 saturated carbocycles. The molecule has 2 aliphatic heterocycles. The molecule has 8 nitrogen and oxygen atoms in total. The van der Waals surface area contributed by atoms with E-state index in [0.717, 1.165) is 16.6 Å². The molecule has 1 aromatic heterocycles. The lowest BCUT2D eigenvalue weighted by Gasteiger charge is -2.27. The highest BCUT2D eigenvalue weighted by Gasteiger charge is 2.47. The van der Waals surface area contributed by atoms with Crippen LogP contribution in [0.1, 0.15) is 17.2 Å². The number of ketones is 1. The number of anilines is 2. The molecule has 0 aliphatic carbocycles. The summed E-state index contributed by atoms with van der Waals surface area (Å²) < 4.78 is 11.4. The number of Topliss-reactive ketones (excluding diaryl/α,β-unsaturated/α-hetero) is 1. The average Bonchev–Trinajstić information content (AvgIpc) is 3.47. The first kappa shape index (κ1) is 22.7. The Balaban J connectivity index is 1.55. The smallest absolute Gasteiger partial charge is 0.300 e. The van der Waals surface area contributed by atoms with Gasteiger partial charge in [-0.25, -0.2) is 0 Å². The standard InChI is InChI=1S/C29H25N3O5/c1-31(2)18-9-7-17(8-10-18)26-25(27(33)21-16-30-22-6-4-3-5-20(21)22)28(34)29(35)32(26)19-11-12-23-24(15-19)37-14-13-36-23/h3-12,15-16,26,30,33H,13-14H2,1-2H3/b27-25-. The van der Waals surface area contributed by atoms with Crippen molar-refractivity contribution in [2.75, 3.05) is 37.1 Å². The van der Waals surface area contributed by atoms with Crippen LogP contribution in [0.25, 0.3) is 16.7 Å². The number of carbonyl (C=O) groups excluding carboxylic acids is 2. The number of rotatable bonds is 4. The predicted octanol–water partition coefficient (Wildman–Crippen LogP) is 4.63. The van der Waals surface area contributed by atoms with Gasteiger partial charge in [-0.15, -0.1) is 0 Å². The van der Waals surface area contributed by atoms with Crippen molar-refractivity contribution in [2.24, 2.45) is 0 Å². The van der Waals surface area contributed by atoms with E-state index >= 15 is 0 Å². The number of hydrogen-bond acceptors (Lipinski definition) is 6. The summed E-state index contributed by atoms with van der Waals surface area (Å²) in [6.45, 7) is 0.838. The molecule has 6 rings (SSSR count). The van der Waals surface area contributed by atoms with Gasteiger partial charge in [-0.1, -0.05) is 30.3 Å². The highest BCUT2D eigenvalue weighted by Crippen LogP contribution is 2.45. The van der Waals surface area contributed by atoms with Crippen LogP contribution in [0.4, 0.5) is 11.4 Å². The van der Waals surface area contributed by atoms with Crippen LogP contribution in [0.15, 0.2) is 78.5 Å². The van der Waals surface area contributed by atoms with Gasteiger partial charge in [0.2, 0.25) is 0 Å². The van der Waals surface area contributed by atoms with Gasteiger partial charge in [0.15, 0.2) is 11.5 Å². The fourth-order valence-electron chi connectivity index (χ4n) is 4.96. The molecule has 0 bridgehead atoms. The van der Waals surface area contributed by atoms with Crippen molar-refractivity contribution in [1.29, 1.82) is 0 Å². The minimum atomic E-state index is -0.840. The largest absolute Gasteiger partial charge is 0.507 e. The van der Waals surface area contributed by atoms with Crippen LogP contribution in [0, 0.1) is 0 Å². The highest BCUT2D eigenvalue weighted by atomic mass is 16.6. The van der Waals surface area contributed by atoms with Gasteiger partial charge in [0.25, 0.3) is 11.7 Å². The molecule has 1 atom stereocenters. The molecule has 0 spiro atoms. The van der Waals surface area contributed by atoms with E-state index in [-0.39, 0.29) is 11.3 Å². The van der Waals surface area contributed by atoms with Crippen molar-refractivity contribution in [1.82, 2.24) is 4.98 Å². The number of H-pyrrole nitrogens is 1. The molecule has 2 aliphatic rings. The lowest BCUT2D eigenvalue weighted by Crippen LogP contribution is -2.29. The van der Waals surface area contributed by atoms with Gasteiger partial charge in [0, 0.05) is 54.2 Å². The van der Waals surface area contributed by atoms with E-state index in [1.165, 1.54) is 4.90 Å². The third-order valence-corrected chi connectivity index (χ3v) is 6.82. The number of aliphatic hydroxyl groups excluding tert-OH is 1. The Morgan fingerprint density at radius 1 is 0.973 bits per heavy atom. The molecule has 2 N–H and O–H groups in total. The minimum Gasteiger partial charge on any atom is -0.507 e. The first-order valence-corrected chi connectivity index (χ1v) is 12.0. The number of aromatic amines is 1. The summed E-state index contributed by atoms with van der Waals surface area (Å²) in [4.78, 5) is 33.6. The van der Waals surface area contributed by atoms with Crippen LogP contribution < -0.4 is 19.3 Å². The Morgan fingerprint density at radius 2 is 1.70 bits per heavy atom. The summed E-state index contributed by atoms with van der Waals surface area (Å²) >= 11 is 0. The van der Waals surface area contributed by atoms with E-state index in [1.54, 1.807) is 24.4 Å². The van der Waals surface area contributed by atoms with Crippen molar-refractivity contribution in [3.8, 4) is 11.5 Å². The zero-order chi connectivity index (χ0) is 25.7. The fourth-order valence-corrected chi connectivity index (χ4v) is 4.96. The second kappa shape index (κ2) is 8.74. The fraction of sp³-hybridized carbons (Fsp3) is 0.172. The van der Waals surface area contributed by atoms with E-state index in [1.807, 2.05) is 67.5 Å². The number of nitrogens with zero attached hydrogens (tertiary/aromatic N) is 2. The topological polar surface area (TPSA) is 95.1 Å². The highest BCUT2D eigenvalue weighted by molar-refractivity contribution is 6.51. The number of carbonyl (C=O) groups is 2. The van der Waals surface area contributed by atoms with Gasteiger partial charge in [-0.2, -0.15) is 0 Å². The molecule has 4 aromatic rings. The summed E-state index contributed by atoms with van der Waals surface area (Å²) in [7, 11) is 3.88. The second-order valence-corrected chi connectivity index (χ2v) is 9.23. The second-order valence-electron chi connectivity index (χ2n) is 9.23. The molecule has 1 unspecified atom stereocenters. The molecule has 3 heterocycles. The molecule has 3 aromatic carbocycles. The van der Waals surface area contributed by atoms with Gasteiger partial charge < -0.3 is 24.5 Å². The predicted molar refractivity (Wildman–Crippen MR) is 141 cm³/mol. The van der Waals surface area contributed by atoms with Crippen LogP contribution in [-0.2, 0) is 9.59 Å². The maximum atomic E-state index is 13.5. The molecule has 8 heteroatoms. The van der Waals surface area contributed by atoms with E-state index in [4.69, 9.17) is 9.47 Å². The van der Waals surface area contributed by atoms with E-state index < -0.39 is 17.7 Å². The molecule has 186 valence electrons. The SMILES string of the molecule is CN(C)c1ccc(C2/C(=C(/O)c3c[nH]c4ccccc34)C(=O)C(=O)N2c2ccc3c(c2)OCCO3)cc1. The van der Waals surface area contributed by atoms with Gasteiger partial charge in [-0.05, 0) is 35.9 Å². The molecular formula is C29H25N3O5. The van der Waals surface area contributed by atoms with Crippen molar-refractivity contribution in [2.45, 2.75) is 6.04 Å². The Kier molecular flexibility index (Phi) is 5.37. The van der Waals surface area contributed by atoms with Gasteiger partial charge >= 0.3 is 0 Å². The molecular weight excluding hydrogens is 470 g/mol. The number of nitrogens with one attached hydrogen (secondary N) is 1. The third kappa shape index (κ3) is 3.69. The monoisotopic (exact) mass is 495 g/mol. The van der Waals surface area contributed by atoms with E-state index in [0.29, 0.717) is 41.5 Å². The molecule has 1 fully saturated rings. The van der Waals surface area contributed by atoms with Crippen LogP contribution in [-0.4, -0.2) is 49.1 Å². The Hall–Kier alpha value is -4.72. The Bertz CT molecular complexity index is 1570. The molecule has 1 saturated heterocycles. The maximum absolute atomic E-state index is 13.5. The first-order chi connectivity index (χ1) is 17.9. The number of hydrogen-bond donors (Lipinski definition) is 2. The van der Waals surface area contributed by atoms with E-state index in [9.17, 15) is 14.7 Å². The zero-order valence-corrected chi connectivity index (χ0v) is 20.4. The lowest BCUT2D eigenvalue weighted by atomic mass is 9.94. The maximum Gasteiger partial charge on any atom is 0.300 e. The van der Waals surface area contributed by atoms with E-state index in [2.05, 4.69) is 4.98 Å². The van der Waals surface area contributed by atoms with Crippen LogP contribution in [0.5, 0.6) is 11.5 Å². The summed E-state index contributed by atoms with van der Waals surface area (Å²) in [5.74, 6) is -0.613. The number of amides is 1. The summed E-state index contributed by atoms with van der Waals surface area (Å²) in [5.41, 5.74) is 3.45. The van der Waals surface area contributed by atoms with Crippen molar-refractivity contribution < 1.29 is 24.2 Å². The lowest BCUT2D eigenvalue weighted by molar-refractivity contribution is -0.132. The number of para-hydroxylation sites is 1. The van der Waals surface area contributed by atoms with Crippen molar-refractivity contribution in [3.05, 3.63) is 89.6 Å². The normalized spacial score (nSPS) is 18.4. The van der Waals surface area contributed by atoms with Crippen LogP contribution in [0.2, 0.25) is 0 Å². The number of aliphatic hydroxyl groups is 1. The average molecular weight is 496 g/mol. The van der Waals surface area contributed by atoms with Gasteiger partial charge in [0.1, 0.15) is 19.0 Å². The zero-order valence-electron chi connectivity index (χ0n) is 20.4. The summed E-state index contributed by atoms with van der Waals surface area (Å²) in [5, 5.41) is 12.3. The summed E-state index contributed by atoms with van der Waals surface area (Å²) in [6.07, 6.45) is 1.66. The molecule has 1 amide bonds. The van der Waals surface area contributed by atoms with Crippen LogP contribution >= 0.6 is 0 Å². The van der Waals surface area contributed by atoms with Gasteiger partial charge in [0.05, 0.1) is 11.6 Å². The number of fused-ring (bicyclic) bond motifs is 2. The first-order valence-electron chi connectivity index (χ1n) is 12.0. The van der Waals surface area contributed by atoms with Crippen molar-refractivity contribution >= 4 is 39.7 Å². The van der Waals surface area contributed by atoms with Gasteiger partial charge in [-0.3, -0.25) is 14.5 Å². The van der Waals surface area contributed by atoms with Crippen LogP contribution in [0.3, 0.4) is 0 Å². The minimum absolute atomic E-state index is 0.0299. The molecule has 0 radical (unpaired) electrons. The Morgan fingerprint density at radius 3 is 2.46 bits per heavy atom. The number of ether oxygens (including phenoxy) is 2. The third-order valence-electron chi connectivity index (χ3n) is 6.82. The number of benzene rings is 3. The van der Waals surface area contributed by atoms with Crippen molar-refractivity contribution in [3.63, 3.8) is 0 Å². The number of aromatic nitrogens is 1.